The Hall–Kier alpha value is -1.58. The first kappa shape index (κ1) is 15.8. The van der Waals surface area contributed by atoms with Crippen LogP contribution in [-0.2, 0) is 5.54 Å². The monoisotopic (exact) mass is 297 g/mol. The largest absolute Gasteiger partial charge is 0.401 e. The summed E-state index contributed by atoms with van der Waals surface area (Å²) in [6, 6.07) is 11.0. The van der Waals surface area contributed by atoms with E-state index in [0.717, 1.165) is 12.8 Å². The maximum absolute atomic E-state index is 12.7. The number of nitrogens with one attached hydrogen (secondary N) is 1. The van der Waals surface area contributed by atoms with E-state index >= 15 is 0 Å². The quantitative estimate of drug-likeness (QED) is 0.877. The molecule has 0 aliphatic heterocycles. The van der Waals surface area contributed by atoms with Crippen molar-refractivity contribution in [2.45, 2.75) is 30.6 Å². The highest BCUT2D eigenvalue weighted by Crippen LogP contribution is 2.33. The lowest BCUT2D eigenvalue weighted by Crippen LogP contribution is -2.51. The predicted molar refractivity (Wildman–Crippen MR) is 73.4 cm³/mol. The van der Waals surface area contributed by atoms with Gasteiger partial charge in [-0.3, -0.25) is 10.2 Å². The van der Waals surface area contributed by atoms with E-state index < -0.39 is 18.3 Å². The lowest BCUT2D eigenvalue weighted by molar-refractivity contribution is -0.148. The van der Waals surface area contributed by atoms with Gasteiger partial charge >= 0.3 is 6.18 Å². The number of hydrogen-bond donors (Lipinski definition) is 1. The topological polar surface area (TPSA) is 39.1 Å². The number of nitriles is 1. The van der Waals surface area contributed by atoms with Gasteiger partial charge in [-0.05, 0) is 25.5 Å². The van der Waals surface area contributed by atoms with Crippen LogP contribution in [0.15, 0.2) is 30.3 Å². The number of hydrogen-bond acceptors (Lipinski definition) is 3. The summed E-state index contributed by atoms with van der Waals surface area (Å²) < 4.78 is 38.2. The first-order valence-corrected chi connectivity index (χ1v) is 6.87. The van der Waals surface area contributed by atoms with Crippen LogP contribution >= 0.6 is 0 Å². The molecule has 2 rings (SSSR count). The molecule has 1 aromatic carbocycles. The van der Waals surface area contributed by atoms with Crippen LogP contribution in [0.2, 0.25) is 0 Å². The van der Waals surface area contributed by atoms with Gasteiger partial charge in [0.15, 0.2) is 0 Å². The Morgan fingerprint density at radius 2 is 1.86 bits per heavy atom. The molecule has 0 heterocycles. The normalized spacial score (nSPS) is 18.3. The van der Waals surface area contributed by atoms with Crippen molar-refractivity contribution >= 4 is 0 Å². The van der Waals surface area contributed by atoms with Gasteiger partial charge in [-0.1, -0.05) is 30.3 Å². The summed E-state index contributed by atoms with van der Waals surface area (Å²) in [4.78, 5) is 1.37. The SMILES string of the molecule is CNC(C#N)(CN(CC(F)(F)F)C1CC1)c1ccccc1. The van der Waals surface area contributed by atoms with E-state index in [4.69, 9.17) is 0 Å². The van der Waals surface area contributed by atoms with Crippen molar-refractivity contribution < 1.29 is 13.2 Å². The third kappa shape index (κ3) is 3.96. The van der Waals surface area contributed by atoms with Crippen LogP contribution in [0.3, 0.4) is 0 Å². The second-order valence-electron chi connectivity index (χ2n) is 5.38. The van der Waals surface area contributed by atoms with E-state index in [2.05, 4.69) is 11.4 Å². The Morgan fingerprint density at radius 3 is 2.29 bits per heavy atom. The van der Waals surface area contributed by atoms with Crippen molar-refractivity contribution in [3.63, 3.8) is 0 Å². The van der Waals surface area contributed by atoms with E-state index in [-0.39, 0.29) is 12.6 Å². The van der Waals surface area contributed by atoms with Crippen molar-refractivity contribution in [1.82, 2.24) is 10.2 Å². The fraction of sp³-hybridized carbons (Fsp3) is 0.533. The van der Waals surface area contributed by atoms with Gasteiger partial charge in [-0.2, -0.15) is 18.4 Å². The Balaban J connectivity index is 2.24. The zero-order chi connectivity index (χ0) is 15.5. The number of nitrogens with zero attached hydrogens (tertiary/aromatic N) is 2. The van der Waals surface area contributed by atoms with Crippen molar-refractivity contribution in [3.05, 3.63) is 35.9 Å². The maximum Gasteiger partial charge on any atom is 0.401 e. The van der Waals surface area contributed by atoms with Crippen molar-refractivity contribution in [3.8, 4) is 6.07 Å². The average Bonchev–Trinajstić information content (AvgIpc) is 3.28. The van der Waals surface area contributed by atoms with E-state index in [1.54, 1.807) is 31.3 Å². The van der Waals surface area contributed by atoms with Gasteiger partial charge in [0.1, 0.15) is 5.54 Å². The summed E-state index contributed by atoms with van der Waals surface area (Å²) in [5.74, 6) is 0. The van der Waals surface area contributed by atoms with Crippen LogP contribution in [-0.4, -0.2) is 37.3 Å². The van der Waals surface area contributed by atoms with Crippen LogP contribution in [0.4, 0.5) is 13.2 Å². The molecule has 114 valence electrons. The Bertz CT molecular complexity index is 505. The van der Waals surface area contributed by atoms with Gasteiger partial charge in [0, 0.05) is 12.6 Å². The molecular weight excluding hydrogens is 279 g/mol. The zero-order valence-corrected chi connectivity index (χ0v) is 11.8. The first-order valence-electron chi connectivity index (χ1n) is 6.87. The van der Waals surface area contributed by atoms with Gasteiger partial charge < -0.3 is 0 Å². The standard InChI is InChI=1S/C15H18F3N3/c1-20-14(9-19,12-5-3-2-4-6-12)10-21(13-7-8-13)11-15(16,17)18/h2-6,13,20H,7-8,10-11H2,1H3. The maximum atomic E-state index is 12.7. The Morgan fingerprint density at radius 1 is 1.24 bits per heavy atom. The molecule has 1 aliphatic carbocycles. The first-order chi connectivity index (χ1) is 9.90. The fourth-order valence-electron chi connectivity index (χ4n) is 2.48. The van der Waals surface area contributed by atoms with E-state index in [0.29, 0.717) is 5.56 Å². The lowest BCUT2D eigenvalue weighted by atomic mass is 9.90. The summed E-state index contributed by atoms with van der Waals surface area (Å²) in [5, 5.41) is 12.5. The molecule has 1 aromatic rings. The minimum atomic E-state index is -4.26. The third-order valence-electron chi connectivity index (χ3n) is 3.77. The summed E-state index contributed by atoms with van der Waals surface area (Å²) >= 11 is 0. The molecule has 0 radical (unpaired) electrons. The molecule has 1 fully saturated rings. The molecule has 6 heteroatoms. The van der Waals surface area contributed by atoms with Gasteiger partial charge in [-0.15, -0.1) is 0 Å². The molecule has 1 unspecified atom stereocenters. The van der Waals surface area contributed by atoms with E-state index in [1.165, 1.54) is 4.90 Å². The molecule has 0 bridgehead atoms. The van der Waals surface area contributed by atoms with E-state index in [1.807, 2.05) is 6.07 Å². The smallest absolute Gasteiger partial charge is 0.298 e. The Labute approximate surface area is 122 Å². The fourth-order valence-corrected chi connectivity index (χ4v) is 2.48. The zero-order valence-electron chi connectivity index (χ0n) is 11.8. The molecule has 1 atom stereocenters. The number of alkyl halides is 3. The third-order valence-corrected chi connectivity index (χ3v) is 3.77. The average molecular weight is 297 g/mol. The molecule has 21 heavy (non-hydrogen) atoms. The summed E-state index contributed by atoms with van der Waals surface area (Å²) in [6.45, 7) is -0.955. The molecule has 0 amide bonds. The highest BCUT2D eigenvalue weighted by atomic mass is 19.4. The van der Waals surface area contributed by atoms with Crippen LogP contribution < -0.4 is 5.32 Å². The van der Waals surface area contributed by atoms with Gasteiger partial charge in [0.2, 0.25) is 0 Å². The van der Waals surface area contributed by atoms with Crippen LogP contribution in [0.5, 0.6) is 0 Å². The van der Waals surface area contributed by atoms with E-state index in [9.17, 15) is 18.4 Å². The molecule has 1 N–H and O–H groups in total. The molecule has 0 aromatic heterocycles. The Kier molecular flexibility index (Phi) is 4.55. The minimum absolute atomic E-state index is 0.0220. The second kappa shape index (κ2) is 6.04. The molecule has 3 nitrogen and oxygen atoms in total. The van der Waals surface area contributed by atoms with Gasteiger partial charge in [-0.25, -0.2) is 0 Å². The second-order valence-corrected chi connectivity index (χ2v) is 5.38. The lowest BCUT2D eigenvalue weighted by Gasteiger charge is -2.34. The van der Waals surface area contributed by atoms with Crippen LogP contribution in [0, 0.1) is 11.3 Å². The highest BCUT2D eigenvalue weighted by Gasteiger charge is 2.43. The van der Waals surface area contributed by atoms with Gasteiger partial charge in [0.25, 0.3) is 0 Å². The molecule has 0 saturated heterocycles. The predicted octanol–water partition coefficient (Wildman–Crippen LogP) is 2.65. The molecular formula is C15H18F3N3. The number of likely N-dealkylation sites (N-methyl/N-ethyl adjacent to an activating group) is 1. The van der Waals surface area contributed by atoms with Crippen molar-refractivity contribution in [1.29, 1.82) is 5.26 Å². The van der Waals surface area contributed by atoms with Crippen LogP contribution in [0.25, 0.3) is 0 Å². The number of halogens is 3. The van der Waals surface area contributed by atoms with Crippen LogP contribution in [0.1, 0.15) is 18.4 Å². The molecule has 1 aliphatic rings. The van der Waals surface area contributed by atoms with Crippen molar-refractivity contribution in [2.75, 3.05) is 20.1 Å². The highest BCUT2D eigenvalue weighted by molar-refractivity contribution is 5.32. The summed E-state index contributed by atoms with van der Waals surface area (Å²) in [6.07, 6.45) is -2.74. The number of rotatable bonds is 6. The van der Waals surface area contributed by atoms with Crippen molar-refractivity contribution in [2.24, 2.45) is 0 Å². The van der Waals surface area contributed by atoms with Gasteiger partial charge in [0.05, 0.1) is 12.6 Å². The number of benzene rings is 1. The summed E-state index contributed by atoms with van der Waals surface area (Å²) in [5.41, 5.74) is -0.447. The summed E-state index contributed by atoms with van der Waals surface area (Å²) in [7, 11) is 1.61. The minimum Gasteiger partial charge on any atom is -0.298 e. The molecule has 1 saturated carbocycles. The molecule has 0 spiro atoms.